The predicted molar refractivity (Wildman–Crippen MR) is 64.9 cm³/mol. The highest BCUT2D eigenvalue weighted by molar-refractivity contribution is 7.80. The lowest BCUT2D eigenvalue weighted by Gasteiger charge is -2.32. The van der Waals surface area contributed by atoms with Gasteiger partial charge in [0.15, 0.2) is 5.11 Å². The number of H-pyrrole nitrogens is 1. The Morgan fingerprint density at radius 1 is 1.60 bits per heavy atom. The van der Waals surface area contributed by atoms with Gasteiger partial charge in [0.25, 0.3) is 0 Å². The summed E-state index contributed by atoms with van der Waals surface area (Å²) in [5, 5.41) is 4.94. The van der Waals surface area contributed by atoms with Crippen LogP contribution < -0.4 is 5.43 Å². The van der Waals surface area contributed by atoms with Crippen molar-refractivity contribution in [3.05, 3.63) is 24.0 Å². The van der Waals surface area contributed by atoms with Crippen molar-refractivity contribution in [3.63, 3.8) is 0 Å². The fraction of sp³-hybridized carbons (Fsp3) is 0.400. The average Bonchev–Trinajstić information content (AvgIpc) is 2.63. The largest absolute Gasteiger partial charge is 0.360 e. The average molecular weight is 222 g/mol. The maximum atomic E-state index is 5.17. The zero-order valence-corrected chi connectivity index (χ0v) is 9.47. The first-order chi connectivity index (χ1) is 7.27. The maximum Gasteiger partial charge on any atom is 0.189 e. The molecule has 0 saturated carbocycles. The van der Waals surface area contributed by atoms with Gasteiger partial charge in [-0.2, -0.15) is 5.10 Å². The van der Waals surface area contributed by atoms with Gasteiger partial charge in [-0.1, -0.05) is 0 Å². The van der Waals surface area contributed by atoms with E-state index in [1.54, 1.807) is 0 Å². The third-order valence-corrected chi connectivity index (χ3v) is 2.80. The van der Waals surface area contributed by atoms with Crippen LogP contribution in [0.3, 0.4) is 0 Å². The summed E-state index contributed by atoms with van der Waals surface area (Å²) < 4.78 is 0. The van der Waals surface area contributed by atoms with Crippen LogP contribution in [-0.4, -0.2) is 33.8 Å². The van der Waals surface area contributed by atoms with Crippen LogP contribution in [0.15, 0.2) is 23.4 Å². The van der Waals surface area contributed by atoms with Crippen LogP contribution in [0.4, 0.5) is 0 Å². The third kappa shape index (κ3) is 2.36. The summed E-state index contributed by atoms with van der Waals surface area (Å²) in [4.78, 5) is 5.19. The Balaban J connectivity index is 1.90. The Morgan fingerprint density at radius 3 is 2.93 bits per heavy atom. The summed E-state index contributed by atoms with van der Waals surface area (Å²) in [6, 6.07) is 3.93. The van der Waals surface area contributed by atoms with Gasteiger partial charge in [0.2, 0.25) is 0 Å². The standard InChI is InChI=1S/C10H14N4S/c1-8(9-4-2-5-11-9)12-13-10(15)14-6-3-7-14/h2,4-5,11H,3,6-7H2,1H3,(H,13,15)/b12-8+. The second-order valence-electron chi connectivity index (χ2n) is 3.54. The van der Waals surface area contributed by atoms with Crippen molar-refractivity contribution < 1.29 is 0 Å². The van der Waals surface area contributed by atoms with E-state index in [4.69, 9.17) is 12.2 Å². The molecule has 0 amide bonds. The number of rotatable bonds is 2. The summed E-state index contributed by atoms with van der Waals surface area (Å²) >= 11 is 5.17. The Morgan fingerprint density at radius 2 is 2.40 bits per heavy atom. The van der Waals surface area contributed by atoms with Gasteiger partial charge in [0.05, 0.1) is 11.4 Å². The second kappa shape index (κ2) is 4.44. The molecule has 1 aliphatic heterocycles. The summed E-state index contributed by atoms with van der Waals surface area (Å²) in [7, 11) is 0. The molecule has 0 aromatic carbocycles. The molecule has 1 aromatic heterocycles. The molecule has 1 aromatic rings. The van der Waals surface area contributed by atoms with E-state index in [-0.39, 0.29) is 0 Å². The Kier molecular flexibility index (Phi) is 3.01. The van der Waals surface area contributed by atoms with Gasteiger partial charge in [-0.3, -0.25) is 5.43 Å². The van der Waals surface area contributed by atoms with Crippen LogP contribution in [0.5, 0.6) is 0 Å². The minimum atomic E-state index is 0.715. The van der Waals surface area contributed by atoms with Gasteiger partial charge in [0, 0.05) is 19.3 Å². The smallest absolute Gasteiger partial charge is 0.189 e. The molecule has 2 heterocycles. The summed E-state index contributed by atoms with van der Waals surface area (Å²) in [6.45, 7) is 4.03. The second-order valence-corrected chi connectivity index (χ2v) is 3.93. The maximum absolute atomic E-state index is 5.17. The predicted octanol–water partition coefficient (Wildman–Crippen LogP) is 1.32. The number of aromatic nitrogens is 1. The highest BCUT2D eigenvalue weighted by Crippen LogP contribution is 2.05. The lowest BCUT2D eigenvalue weighted by atomic mass is 10.2. The zero-order chi connectivity index (χ0) is 10.7. The van der Waals surface area contributed by atoms with Gasteiger partial charge < -0.3 is 9.88 Å². The zero-order valence-electron chi connectivity index (χ0n) is 8.66. The lowest BCUT2D eigenvalue weighted by molar-refractivity contribution is 0.296. The first-order valence-electron chi connectivity index (χ1n) is 5.00. The third-order valence-electron chi connectivity index (χ3n) is 2.45. The molecule has 0 radical (unpaired) electrons. The molecule has 1 aliphatic rings. The number of aromatic amines is 1. The molecule has 0 bridgehead atoms. The number of hydrogen-bond donors (Lipinski definition) is 2. The molecule has 1 saturated heterocycles. The SMILES string of the molecule is C/C(=N\NC(=S)N1CCC1)c1ccc[nH]1. The topological polar surface area (TPSA) is 43.4 Å². The van der Waals surface area contributed by atoms with E-state index < -0.39 is 0 Å². The lowest BCUT2D eigenvalue weighted by Crippen LogP contribution is -2.46. The number of nitrogens with one attached hydrogen (secondary N) is 2. The minimum Gasteiger partial charge on any atom is -0.360 e. The fourth-order valence-electron chi connectivity index (χ4n) is 1.34. The van der Waals surface area contributed by atoms with Crippen LogP contribution in [0, 0.1) is 0 Å². The number of likely N-dealkylation sites (tertiary alicyclic amines) is 1. The Bertz CT molecular complexity index is 365. The molecular weight excluding hydrogens is 208 g/mol. The molecule has 2 N–H and O–H groups in total. The van der Waals surface area contributed by atoms with E-state index in [1.165, 1.54) is 6.42 Å². The quantitative estimate of drug-likeness (QED) is 0.450. The first-order valence-corrected chi connectivity index (χ1v) is 5.41. The molecule has 0 unspecified atom stereocenters. The highest BCUT2D eigenvalue weighted by Gasteiger charge is 2.16. The van der Waals surface area contributed by atoms with Gasteiger partial charge in [-0.15, -0.1) is 0 Å². The van der Waals surface area contributed by atoms with Crippen LogP contribution in [0.25, 0.3) is 0 Å². The number of nitrogens with zero attached hydrogens (tertiary/aromatic N) is 2. The van der Waals surface area contributed by atoms with E-state index in [0.29, 0.717) is 5.11 Å². The van der Waals surface area contributed by atoms with E-state index in [1.807, 2.05) is 25.3 Å². The molecule has 4 nitrogen and oxygen atoms in total. The molecule has 0 aliphatic carbocycles. The van der Waals surface area contributed by atoms with Gasteiger partial charge in [-0.05, 0) is 37.7 Å². The van der Waals surface area contributed by atoms with Crippen molar-refractivity contribution in [1.82, 2.24) is 15.3 Å². The van der Waals surface area contributed by atoms with E-state index in [2.05, 4.69) is 20.4 Å². The van der Waals surface area contributed by atoms with Gasteiger partial charge in [0.1, 0.15) is 0 Å². The normalized spacial score (nSPS) is 16.1. The number of thiocarbonyl (C=S) groups is 1. The molecule has 0 spiro atoms. The van der Waals surface area contributed by atoms with Gasteiger partial charge in [-0.25, -0.2) is 0 Å². The van der Waals surface area contributed by atoms with E-state index in [0.717, 1.165) is 24.5 Å². The molecule has 1 fully saturated rings. The summed E-state index contributed by atoms with van der Waals surface area (Å²) in [6.07, 6.45) is 3.10. The van der Waals surface area contributed by atoms with Crippen molar-refractivity contribution in [2.75, 3.05) is 13.1 Å². The summed E-state index contributed by atoms with van der Waals surface area (Å²) in [5.74, 6) is 0. The Hall–Kier alpha value is -1.36. The van der Waals surface area contributed by atoms with Crippen molar-refractivity contribution in [2.45, 2.75) is 13.3 Å². The number of hydrogen-bond acceptors (Lipinski definition) is 2. The van der Waals surface area contributed by atoms with Crippen molar-refractivity contribution in [1.29, 1.82) is 0 Å². The molecular formula is C10H14N4S. The molecule has 5 heteroatoms. The van der Waals surface area contributed by atoms with Crippen molar-refractivity contribution >= 4 is 23.0 Å². The molecule has 0 atom stereocenters. The highest BCUT2D eigenvalue weighted by atomic mass is 32.1. The molecule has 15 heavy (non-hydrogen) atoms. The fourth-order valence-corrected chi connectivity index (χ4v) is 1.57. The van der Waals surface area contributed by atoms with E-state index >= 15 is 0 Å². The summed E-state index contributed by atoms with van der Waals surface area (Å²) in [5.41, 5.74) is 4.81. The molecule has 2 rings (SSSR count). The first kappa shape index (κ1) is 10.2. The monoisotopic (exact) mass is 222 g/mol. The Labute approximate surface area is 94.4 Å². The van der Waals surface area contributed by atoms with Crippen molar-refractivity contribution in [2.24, 2.45) is 5.10 Å². The van der Waals surface area contributed by atoms with Crippen LogP contribution in [0.1, 0.15) is 19.0 Å². The molecule has 80 valence electrons. The van der Waals surface area contributed by atoms with Crippen LogP contribution in [0.2, 0.25) is 0 Å². The van der Waals surface area contributed by atoms with Crippen molar-refractivity contribution in [3.8, 4) is 0 Å². The van der Waals surface area contributed by atoms with E-state index in [9.17, 15) is 0 Å². The number of hydrazone groups is 1. The van der Waals surface area contributed by atoms with Gasteiger partial charge >= 0.3 is 0 Å². The van der Waals surface area contributed by atoms with Crippen LogP contribution >= 0.6 is 12.2 Å². The minimum absolute atomic E-state index is 0.715. The van der Waals surface area contributed by atoms with Crippen LogP contribution in [-0.2, 0) is 0 Å².